The molecule has 0 aliphatic heterocycles. The zero-order valence-electron chi connectivity index (χ0n) is 10.7. The van der Waals surface area contributed by atoms with Gasteiger partial charge in [-0.25, -0.2) is 4.79 Å². The molecule has 0 atom stereocenters. The third-order valence-corrected chi connectivity index (χ3v) is 2.84. The van der Waals surface area contributed by atoms with Gasteiger partial charge in [-0.2, -0.15) is 0 Å². The van der Waals surface area contributed by atoms with Crippen molar-refractivity contribution in [3.63, 3.8) is 0 Å². The highest BCUT2D eigenvalue weighted by Crippen LogP contribution is 2.29. The number of hydrogen-bond donors (Lipinski definition) is 1. The fraction of sp³-hybridized carbons (Fsp3) is 0.357. The smallest absolute Gasteiger partial charge is 0.336 e. The Hall–Kier alpha value is -1.97. The molecule has 0 bridgehead atoms. The first-order valence-electron chi connectivity index (χ1n) is 6.08. The molecule has 0 unspecified atom stereocenters. The standard InChI is InChI=1S/C14H17NO3/c1-3-4-5-17-13-8-12-10(7-11(13)15)9(2)6-14(16)18-12/h6-8H,3-5,15H2,1-2H3. The van der Waals surface area contributed by atoms with Crippen LogP contribution in [0.1, 0.15) is 25.3 Å². The van der Waals surface area contributed by atoms with E-state index in [4.69, 9.17) is 14.9 Å². The summed E-state index contributed by atoms with van der Waals surface area (Å²) in [5, 5.41) is 0.843. The number of nitrogen functional groups attached to an aromatic ring is 1. The fourth-order valence-corrected chi connectivity index (χ4v) is 1.81. The molecule has 0 saturated heterocycles. The van der Waals surface area contributed by atoms with Crippen molar-refractivity contribution in [2.75, 3.05) is 12.3 Å². The molecule has 2 N–H and O–H groups in total. The molecule has 18 heavy (non-hydrogen) atoms. The molecule has 0 radical (unpaired) electrons. The van der Waals surface area contributed by atoms with Crippen LogP contribution in [0.25, 0.3) is 11.0 Å². The summed E-state index contributed by atoms with van der Waals surface area (Å²) in [6.45, 7) is 4.56. The molecule has 0 aliphatic carbocycles. The molecule has 2 rings (SSSR count). The highest BCUT2D eigenvalue weighted by atomic mass is 16.5. The lowest BCUT2D eigenvalue weighted by Crippen LogP contribution is -2.02. The minimum atomic E-state index is -0.357. The van der Waals surface area contributed by atoms with Crippen molar-refractivity contribution in [3.8, 4) is 5.75 Å². The zero-order chi connectivity index (χ0) is 13.1. The average molecular weight is 247 g/mol. The van der Waals surface area contributed by atoms with Crippen LogP contribution < -0.4 is 16.1 Å². The fourth-order valence-electron chi connectivity index (χ4n) is 1.81. The van der Waals surface area contributed by atoms with E-state index in [2.05, 4.69) is 6.92 Å². The predicted molar refractivity (Wildman–Crippen MR) is 72.0 cm³/mol. The van der Waals surface area contributed by atoms with Crippen LogP contribution in [-0.2, 0) is 0 Å². The van der Waals surface area contributed by atoms with Crippen molar-refractivity contribution >= 4 is 16.7 Å². The summed E-state index contributed by atoms with van der Waals surface area (Å²) < 4.78 is 10.7. The lowest BCUT2D eigenvalue weighted by molar-refractivity contribution is 0.311. The van der Waals surface area contributed by atoms with Crippen LogP contribution in [0.3, 0.4) is 0 Å². The van der Waals surface area contributed by atoms with E-state index in [1.54, 1.807) is 12.1 Å². The summed E-state index contributed by atoms with van der Waals surface area (Å²) in [5.41, 5.74) is 7.51. The van der Waals surface area contributed by atoms with Crippen LogP contribution in [0.4, 0.5) is 5.69 Å². The molecule has 0 fully saturated rings. The van der Waals surface area contributed by atoms with E-state index in [-0.39, 0.29) is 5.63 Å². The SMILES string of the molecule is CCCCOc1cc2oc(=O)cc(C)c2cc1N. The monoisotopic (exact) mass is 247 g/mol. The Morgan fingerprint density at radius 1 is 1.33 bits per heavy atom. The number of unbranched alkanes of at least 4 members (excludes halogenated alkanes) is 1. The molecule has 0 aliphatic rings. The van der Waals surface area contributed by atoms with Crippen LogP contribution in [0, 0.1) is 6.92 Å². The molecule has 0 saturated carbocycles. The average Bonchev–Trinajstić information content (AvgIpc) is 2.31. The van der Waals surface area contributed by atoms with Crippen LogP contribution in [0.15, 0.2) is 27.4 Å². The van der Waals surface area contributed by atoms with E-state index in [0.717, 1.165) is 23.8 Å². The summed E-state index contributed by atoms with van der Waals surface area (Å²) in [4.78, 5) is 11.3. The molecule has 4 nitrogen and oxygen atoms in total. The van der Waals surface area contributed by atoms with Crippen molar-refractivity contribution in [2.24, 2.45) is 0 Å². The molecule has 1 aromatic heterocycles. The van der Waals surface area contributed by atoms with E-state index in [0.29, 0.717) is 23.6 Å². The Kier molecular flexibility index (Phi) is 3.55. The van der Waals surface area contributed by atoms with E-state index >= 15 is 0 Å². The van der Waals surface area contributed by atoms with Crippen LogP contribution in [-0.4, -0.2) is 6.61 Å². The van der Waals surface area contributed by atoms with E-state index in [1.165, 1.54) is 6.07 Å². The van der Waals surface area contributed by atoms with Gasteiger partial charge in [0.2, 0.25) is 0 Å². The van der Waals surface area contributed by atoms with Crippen molar-refractivity contribution in [2.45, 2.75) is 26.7 Å². The highest BCUT2D eigenvalue weighted by molar-refractivity contribution is 5.86. The van der Waals surface area contributed by atoms with Gasteiger partial charge in [0.25, 0.3) is 0 Å². The van der Waals surface area contributed by atoms with Crippen LogP contribution in [0.5, 0.6) is 5.75 Å². The molecule has 1 heterocycles. The lowest BCUT2D eigenvalue weighted by atomic mass is 10.1. The van der Waals surface area contributed by atoms with Gasteiger partial charge >= 0.3 is 5.63 Å². The molecule has 0 spiro atoms. The molecular weight excluding hydrogens is 230 g/mol. The number of benzene rings is 1. The van der Waals surface area contributed by atoms with E-state index in [1.807, 2.05) is 6.92 Å². The minimum Gasteiger partial charge on any atom is -0.491 e. The van der Waals surface area contributed by atoms with Crippen LogP contribution in [0.2, 0.25) is 0 Å². The number of rotatable bonds is 4. The second kappa shape index (κ2) is 5.12. The number of nitrogens with two attached hydrogens (primary N) is 1. The quantitative estimate of drug-likeness (QED) is 0.512. The normalized spacial score (nSPS) is 10.8. The second-order valence-electron chi connectivity index (χ2n) is 4.34. The Labute approximate surface area is 105 Å². The maximum absolute atomic E-state index is 11.3. The van der Waals surface area contributed by atoms with Gasteiger partial charge in [0.1, 0.15) is 11.3 Å². The van der Waals surface area contributed by atoms with Gasteiger partial charge in [0.15, 0.2) is 0 Å². The Bertz CT molecular complexity index is 616. The lowest BCUT2D eigenvalue weighted by Gasteiger charge is -2.10. The summed E-state index contributed by atoms with van der Waals surface area (Å²) >= 11 is 0. The predicted octanol–water partition coefficient (Wildman–Crippen LogP) is 2.86. The first kappa shape index (κ1) is 12.5. The largest absolute Gasteiger partial charge is 0.491 e. The van der Waals surface area contributed by atoms with Gasteiger partial charge in [0.05, 0.1) is 12.3 Å². The van der Waals surface area contributed by atoms with Gasteiger partial charge in [-0.05, 0) is 25.0 Å². The molecule has 1 aromatic carbocycles. The van der Waals surface area contributed by atoms with E-state index < -0.39 is 0 Å². The Morgan fingerprint density at radius 3 is 2.83 bits per heavy atom. The first-order valence-corrected chi connectivity index (χ1v) is 6.08. The van der Waals surface area contributed by atoms with Crippen molar-refractivity contribution < 1.29 is 9.15 Å². The van der Waals surface area contributed by atoms with Gasteiger partial charge in [0, 0.05) is 17.5 Å². The summed E-state index contributed by atoms with van der Waals surface area (Å²) in [6.07, 6.45) is 2.02. The maximum Gasteiger partial charge on any atom is 0.336 e. The van der Waals surface area contributed by atoms with Crippen LogP contribution >= 0.6 is 0 Å². The summed E-state index contributed by atoms with van der Waals surface area (Å²) in [6, 6.07) is 4.93. The molecule has 4 heteroatoms. The van der Waals surface area contributed by atoms with Gasteiger partial charge in [-0.15, -0.1) is 0 Å². The number of hydrogen-bond acceptors (Lipinski definition) is 4. The molecule has 96 valence electrons. The van der Waals surface area contributed by atoms with Crippen molar-refractivity contribution in [1.82, 2.24) is 0 Å². The zero-order valence-corrected chi connectivity index (χ0v) is 10.7. The summed E-state index contributed by atoms with van der Waals surface area (Å²) in [5.74, 6) is 0.574. The van der Waals surface area contributed by atoms with Crippen molar-refractivity contribution in [3.05, 3.63) is 34.2 Å². The highest BCUT2D eigenvalue weighted by Gasteiger charge is 2.08. The Morgan fingerprint density at radius 2 is 2.11 bits per heavy atom. The number of aryl methyl sites for hydroxylation is 1. The van der Waals surface area contributed by atoms with E-state index in [9.17, 15) is 4.79 Å². The Balaban J connectivity index is 2.44. The minimum absolute atomic E-state index is 0.357. The topological polar surface area (TPSA) is 65.5 Å². The maximum atomic E-state index is 11.3. The molecular formula is C14H17NO3. The van der Waals surface area contributed by atoms with Gasteiger partial charge in [-0.3, -0.25) is 0 Å². The van der Waals surface area contributed by atoms with Gasteiger partial charge < -0.3 is 14.9 Å². The third kappa shape index (κ3) is 2.47. The van der Waals surface area contributed by atoms with Crippen molar-refractivity contribution in [1.29, 1.82) is 0 Å². The van der Waals surface area contributed by atoms with Gasteiger partial charge in [-0.1, -0.05) is 13.3 Å². The number of anilines is 1. The molecule has 0 amide bonds. The first-order chi connectivity index (χ1) is 8.61. The number of ether oxygens (including phenoxy) is 1. The summed E-state index contributed by atoms with van der Waals surface area (Å²) in [7, 11) is 0. The number of fused-ring (bicyclic) bond motifs is 1. The molecule has 2 aromatic rings. The second-order valence-corrected chi connectivity index (χ2v) is 4.34. The third-order valence-electron chi connectivity index (χ3n) is 2.84.